The number of anilines is 1. The van der Waals surface area contributed by atoms with E-state index in [2.05, 4.69) is 61.2 Å². The van der Waals surface area contributed by atoms with Gasteiger partial charge in [-0.1, -0.05) is 54.6 Å². The van der Waals surface area contributed by atoms with Crippen molar-refractivity contribution in [2.75, 3.05) is 31.2 Å². The number of hydrogen-bond acceptors (Lipinski definition) is 8. The lowest BCUT2D eigenvalue weighted by molar-refractivity contribution is 0.0754. The maximum Gasteiger partial charge on any atom is 0.180 e. The number of ether oxygens (including phenoxy) is 3. The molecule has 236 valence electrons. The van der Waals surface area contributed by atoms with E-state index in [0.717, 1.165) is 50.8 Å². The summed E-state index contributed by atoms with van der Waals surface area (Å²) in [5, 5.41) is 29.4. The van der Waals surface area contributed by atoms with Gasteiger partial charge in [0.1, 0.15) is 37.0 Å². The average molecular weight is 641 g/mol. The zero-order valence-corrected chi connectivity index (χ0v) is 28.1. The van der Waals surface area contributed by atoms with Crippen LogP contribution in [0.4, 0.5) is 5.69 Å². The highest BCUT2D eigenvalue weighted by Crippen LogP contribution is 2.48. The fourth-order valence-electron chi connectivity index (χ4n) is 5.65. The molecule has 0 amide bonds. The summed E-state index contributed by atoms with van der Waals surface area (Å²) >= 11 is 1.57. The summed E-state index contributed by atoms with van der Waals surface area (Å²) < 4.78 is 18.3. The summed E-state index contributed by atoms with van der Waals surface area (Å²) in [4.78, 5) is 4.19. The summed E-state index contributed by atoms with van der Waals surface area (Å²) in [5.74, 6) is 1.44. The van der Waals surface area contributed by atoms with E-state index in [1.165, 1.54) is 5.69 Å². The number of aryl methyl sites for hydroxylation is 2. The van der Waals surface area contributed by atoms with Crippen molar-refractivity contribution in [2.24, 2.45) is 0 Å². The summed E-state index contributed by atoms with van der Waals surface area (Å²) in [5.41, 5.74) is 4.72. The number of rotatable bonds is 9. The molecule has 2 aliphatic rings. The van der Waals surface area contributed by atoms with Crippen molar-refractivity contribution in [3.63, 3.8) is 0 Å². The third-order valence-electron chi connectivity index (χ3n) is 8.46. The van der Waals surface area contributed by atoms with Gasteiger partial charge in [-0.3, -0.25) is 0 Å². The molecule has 0 spiro atoms. The summed E-state index contributed by atoms with van der Waals surface area (Å²) in [7, 11) is 0. The van der Waals surface area contributed by atoms with Gasteiger partial charge in [-0.15, -0.1) is 11.3 Å². The van der Waals surface area contributed by atoms with Gasteiger partial charge in [0, 0.05) is 24.4 Å². The molecule has 2 aliphatic heterocycles. The Morgan fingerprint density at radius 1 is 0.851 bits per heavy atom. The minimum Gasteiger partial charge on any atom is -0.485 e. The standard InChI is InChI=1S/C39H36N4O3S/c1-6-43(7-2)31-17-13-28(14-18-31)15-19-35-38-37(44-20-21-45-38)34(47-35)11-9-8-10-33-32(25-42)36(29(23-40)24-41)46-39(33,5)30-16-12-26(3)27(4)22-30/h8-19,22H,6-7,20-21H2,1-5H3/b10-8+,11-9+,19-15+. The zero-order chi connectivity index (χ0) is 33.6. The Morgan fingerprint density at radius 3 is 2.09 bits per heavy atom. The lowest BCUT2D eigenvalue weighted by Gasteiger charge is -2.27. The van der Waals surface area contributed by atoms with E-state index in [1.807, 2.05) is 75.4 Å². The quantitative estimate of drug-likeness (QED) is 0.170. The molecule has 7 nitrogen and oxygen atoms in total. The van der Waals surface area contributed by atoms with Crippen molar-refractivity contribution in [3.05, 3.63) is 115 Å². The van der Waals surface area contributed by atoms with Crippen molar-refractivity contribution in [1.29, 1.82) is 15.8 Å². The molecule has 5 rings (SSSR count). The lowest BCUT2D eigenvalue weighted by Crippen LogP contribution is -2.23. The minimum atomic E-state index is -1.08. The normalized spacial score (nSPS) is 17.2. The summed E-state index contributed by atoms with van der Waals surface area (Å²) in [6.07, 6.45) is 11.6. The average Bonchev–Trinajstić information content (AvgIpc) is 3.59. The fourth-order valence-corrected chi connectivity index (χ4v) is 6.65. The molecule has 1 aromatic heterocycles. The smallest absolute Gasteiger partial charge is 0.180 e. The predicted molar refractivity (Wildman–Crippen MR) is 188 cm³/mol. The second-order valence-electron chi connectivity index (χ2n) is 11.3. The maximum absolute atomic E-state index is 10.2. The molecule has 47 heavy (non-hydrogen) atoms. The SMILES string of the molecule is CCN(CC)c1ccc(/C=C/c2sc(/C=C/C=C/C3=C(C#N)C(=C(C#N)C#N)OC3(C)c3ccc(C)c(C)c3)c3c2OCCO3)cc1. The van der Waals surface area contributed by atoms with Gasteiger partial charge in [0.2, 0.25) is 0 Å². The van der Waals surface area contributed by atoms with Gasteiger partial charge >= 0.3 is 0 Å². The van der Waals surface area contributed by atoms with Gasteiger partial charge in [0.05, 0.1) is 9.75 Å². The lowest BCUT2D eigenvalue weighted by atomic mass is 9.85. The van der Waals surface area contributed by atoms with Crippen molar-refractivity contribution in [2.45, 2.75) is 40.2 Å². The number of nitriles is 3. The molecule has 0 fully saturated rings. The van der Waals surface area contributed by atoms with Gasteiger partial charge in [-0.25, -0.2) is 0 Å². The monoisotopic (exact) mass is 640 g/mol. The van der Waals surface area contributed by atoms with Gasteiger partial charge in [0.15, 0.2) is 28.4 Å². The first-order valence-corrected chi connectivity index (χ1v) is 16.4. The van der Waals surface area contributed by atoms with Gasteiger partial charge in [-0.05, 0) is 81.2 Å². The van der Waals surface area contributed by atoms with Crippen LogP contribution in [-0.2, 0) is 10.3 Å². The first-order valence-electron chi connectivity index (χ1n) is 15.5. The number of nitrogens with zero attached hydrogens (tertiary/aromatic N) is 4. The summed E-state index contributed by atoms with van der Waals surface area (Å²) in [6, 6.07) is 20.4. The van der Waals surface area contributed by atoms with Crippen molar-refractivity contribution in [3.8, 4) is 29.7 Å². The Morgan fingerprint density at radius 2 is 1.49 bits per heavy atom. The van der Waals surface area contributed by atoms with E-state index in [9.17, 15) is 15.8 Å². The van der Waals surface area contributed by atoms with Crippen LogP contribution in [0.2, 0.25) is 0 Å². The van der Waals surface area contributed by atoms with E-state index < -0.39 is 5.60 Å². The van der Waals surface area contributed by atoms with Crippen LogP contribution in [0.1, 0.15) is 52.8 Å². The highest BCUT2D eigenvalue weighted by Gasteiger charge is 2.43. The zero-order valence-electron chi connectivity index (χ0n) is 27.3. The fraction of sp³-hybridized carbons (Fsp3) is 0.256. The highest BCUT2D eigenvalue weighted by atomic mass is 32.1. The van der Waals surface area contributed by atoms with Crippen LogP contribution in [0.15, 0.2) is 83.2 Å². The molecular formula is C39H36N4O3S. The Hall–Kier alpha value is -5.49. The van der Waals surface area contributed by atoms with E-state index in [4.69, 9.17) is 14.2 Å². The number of benzene rings is 2. The van der Waals surface area contributed by atoms with Crippen LogP contribution in [-0.4, -0.2) is 26.3 Å². The van der Waals surface area contributed by atoms with E-state index in [0.29, 0.717) is 24.5 Å². The highest BCUT2D eigenvalue weighted by molar-refractivity contribution is 7.14. The van der Waals surface area contributed by atoms with E-state index >= 15 is 0 Å². The number of hydrogen-bond donors (Lipinski definition) is 0. The van der Waals surface area contributed by atoms with Crippen molar-refractivity contribution >= 4 is 35.3 Å². The molecule has 2 aromatic carbocycles. The second-order valence-corrected chi connectivity index (χ2v) is 12.3. The Bertz CT molecular complexity index is 1940. The number of thiophene rings is 1. The largest absolute Gasteiger partial charge is 0.485 e. The molecule has 0 radical (unpaired) electrons. The number of fused-ring (bicyclic) bond motifs is 1. The molecule has 0 bridgehead atoms. The van der Waals surface area contributed by atoms with Gasteiger partial charge in [0.25, 0.3) is 0 Å². The molecule has 3 aromatic rings. The van der Waals surface area contributed by atoms with Crippen LogP contribution < -0.4 is 14.4 Å². The van der Waals surface area contributed by atoms with E-state index in [1.54, 1.807) is 11.3 Å². The minimum absolute atomic E-state index is 0.00106. The Kier molecular flexibility index (Phi) is 10.0. The topological polar surface area (TPSA) is 102 Å². The predicted octanol–water partition coefficient (Wildman–Crippen LogP) is 8.79. The molecule has 0 saturated heterocycles. The van der Waals surface area contributed by atoms with Crippen LogP contribution in [0.5, 0.6) is 11.5 Å². The van der Waals surface area contributed by atoms with Gasteiger partial charge in [-0.2, -0.15) is 15.8 Å². The molecular weight excluding hydrogens is 605 g/mol. The third kappa shape index (κ3) is 6.59. The maximum atomic E-state index is 10.2. The first-order chi connectivity index (χ1) is 22.8. The van der Waals surface area contributed by atoms with Crippen molar-refractivity contribution < 1.29 is 14.2 Å². The number of allylic oxidation sites excluding steroid dienone is 4. The van der Waals surface area contributed by atoms with Crippen LogP contribution >= 0.6 is 11.3 Å². The molecule has 3 heterocycles. The molecule has 1 unspecified atom stereocenters. The van der Waals surface area contributed by atoms with Gasteiger partial charge < -0.3 is 19.1 Å². The molecule has 1 atom stereocenters. The Balaban J connectivity index is 1.46. The van der Waals surface area contributed by atoms with Crippen LogP contribution in [0, 0.1) is 47.8 Å². The molecule has 0 N–H and O–H groups in total. The third-order valence-corrected chi connectivity index (χ3v) is 9.54. The Labute approximate surface area is 280 Å². The first kappa shape index (κ1) is 32.9. The molecule has 0 aliphatic carbocycles. The van der Waals surface area contributed by atoms with Crippen LogP contribution in [0.25, 0.3) is 18.2 Å². The van der Waals surface area contributed by atoms with Crippen LogP contribution in [0.3, 0.4) is 0 Å². The van der Waals surface area contributed by atoms with E-state index in [-0.39, 0.29) is 16.9 Å². The second kappa shape index (κ2) is 14.3. The molecule has 0 saturated carbocycles. The molecule has 8 heteroatoms. The van der Waals surface area contributed by atoms with Crippen molar-refractivity contribution in [1.82, 2.24) is 0 Å². The summed E-state index contributed by atoms with van der Waals surface area (Å²) in [6.45, 7) is 13.1.